The summed E-state index contributed by atoms with van der Waals surface area (Å²) in [6.07, 6.45) is 1.49. The fraction of sp³-hybridized carbons (Fsp3) is 0.857. The van der Waals surface area contributed by atoms with E-state index in [1.54, 1.807) is 0 Å². The molecule has 1 unspecified atom stereocenters. The minimum Gasteiger partial charge on any atom is -0.355 e. The fourth-order valence-corrected chi connectivity index (χ4v) is 0.647. The highest BCUT2D eigenvalue weighted by atomic mass is 35.5. The Kier molecular flexibility index (Phi) is 5.40. The molecule has 2 nitrogen and oxygen atoms in total. The van der Waals surface area contributed by atoms with Gasteiger partial charge in [0.25, 0.3) is 0 Å². The number of rotatable bonds is 4. The average Bonchev–Trinajstić information content (AvgIpc) is 1.85. The van der Waals surface area contributed by atoms with E-state index in [0.717, 1.165) is 6.42 Å². The molecule has 0 saturated heterocycles. The normalized spacial score (nSPS) is 12.7. The largest absolute Gasteiger partial charge is 0.355 e. The zero-order valence-corrected chi connectivity index (χ0v) is 7.24. The van der Waals surface area contributed by atoms with Crippen molar-refractivity contribution >= 4 is 17.5 Å². The van der Waals surface area contributed by atoms with Gasteiger partial charge in [0.2, 0.25) is 5.91 Å². The second-order valence-corrected chi connectivity index (χ2v) is 3.08. The van der Waals surface area contributed by atoms with Crippen LogP contribution in [0.1, 0.15) is 26.7 Å². The average molecular weight is 164 g/mol. The Balaban J connectivity index is 3.22. The van der Waals surface area contributed by atoms with Gasteiger partial charge >= 0.3 is 0 Å². The standard InChI is InChI=1S/C7H14ClNO/c1-3-4-7(10)9-5-6(2)8/h6H,3-5H2,1-2H3,(H,9,10). The summed E-state index contributed by atoms with van der Waals surface area (Å²) in [6, 6.07) is 0. The maximum absolute atomic E-state index is 10.8. The van der Waals surface area contributed by atoms with Crippen LogP contribution in [0.2, 0.25) is 0 Å². The Morgan fingerprint density at radius 1 is 1.70 bits per heavy atom. The first-order valence-corrected chi connectivity index (χ1v) is 4.01. The van der Waals surface area contributed by atoms with Crippen LogP contribution < -0.4 is 5.32 Å². The molecule has 1 amide bonds. The molecule has 0 aliphatic carbocycles. The summed E-state index contributed by atoms with van der Waals surface area (Å²) in [7, 11) is 0. The summed E-state index contributed by atoms with van der Waals surface area (Å²) < 4.78 is 0. The second-order valence-electron chi connectivity index (χ2n) is 2.33. The number of amides is 1. The van der Waals surface area contributed by atoms with E-state index in [-0.39, 0.29) is 11.3 Å². The van der Waals surface area contributed by atoms with Gasteiger partial charge in [-0.3, -0.25) is 4.79 Å². The highest BCUT2D eigenvalue weighted by molar-refractivity contribution is 6.20. The van der Waals surface area contributed by atoms with E-state index < -0.39 is 0 Å². The van der Waals surface area contributed by atoms with Crippen molar-refractivity contribution in [2.45, 2.75) is 32.1 Å². The van der Waals surface area contributed by atoms with Crippen LogP contribution in [0, 0.1) is 0 Å². The van der Waals surface area contributed by atoms with Gasteiger partial charge in [0.1, 0.15) is 0 Å². The summed E-state index contributed by atoms with van der Waals surface area (Å²) in [5.41, 5.74) is 0. The maximum atomic E-state index is 10.8. The lowest BCUT2D eigenvalue weighted by molar-refractivity contribution is -0.121. The highest BCUT2D eigenvalue weighted by Crippen LogP contribution is 1.91. The van der Waals surface area contributed by atoms with Crippen LogP contribution in [-0.2, 0) is 4.79 Å². The third-order valence-electron chi connectivity index (χ3n) is 1.06. The lowest BCUT2D eigenvalue weighted by Crippen LogP contribution is -2.27. The molecule has 3 heteroatoms. The number of nitrogens with one attached hydrogen (secondary N) is 1. The molecule has 0 spiro atoms. The van der Waals surface area contributed by atoms with Gasteiger partial charge < -0.3 is 5.32 Å². The van der Waals surface area contributed by atoms with Gasteiger partial charge in [0.15, 0.2) is 0 Å². The van der Waals surface area contributed by atoms with Crippen molar-refractivity contribution in [3.05, 3.63) is 0 Å². The number of alkyl halides is 1. The summed E-state index contributed by atoms with van der Waals surface area (Å²) in [4.78, 5) is 10.8. The molecule has 10 heavy (non-hydrogen) atoms. The van der Waals surface area contributed by atoms with Crippen molar-refractivity contribution in [3.8, 4) is 0 Å². The van der Waals surface area contributed by atoms with E-state index in [1.165, 1.54) is 0 Å². The second kappa shape index (κ2) is 5.54. The van der Waals surface area contributed by atoms with Crippen molar-refractivity contribution in [2.24, 2.45) is 0 Å². The predicted molar refractivity (Wildman–Crippen MR) is 43.2 cm³/mol. The number of hydrogen-bond acceptors (Lipinski definition) is 1. The topological polar surface area (TPSA) is 29.1 Å². The first-order valence-electron chi connectivity index (χ1n) is 3.57. The smallest absolute Gasteiger partial charge is 0.220 e. The third kappa shape index (κ3) is 5.89. The summed E-state index contributed by atoms with van der Waals surface area (Å²) in [6.45, 7) is 4.40. The molecule has 60 valence electrons. The molecule has 0 saturated carbocycles. The van der Waals surface area contributed by atoms with E-state index in [1.807, 2.05) is 13.8 Å². The molecule has 0 bridgehead atoms. The lowest BCUT2D eigenvalue weighted by Gasteiger charge is -2.04. The van der Waals surface area contributed by atoms with Gasteiger partial charge in [-0.05, 0) is 13.3 Å². The minimum atomic E-state index is 0.0285. The number of hydrogen-bond donors (Lipinski definition) is 1. The Labute approximate surface area is 66.9 Å². The van der Waals surface area contributed by atoms with Crippen molar-refractivity contribution in [2.75, 3.05) is 6.54 Å². The Morgan fingerprint density at radius 3 is 2.70 bits per heavy atom. The van der Waals surface area contributed by atoms with Gasteiger partial charge in [-0.2, -0.15) is 0 Å². The van der Waals surface area contributed by atoms with Crippen LogP contribution in [-0.4, -0.2) is 17.8 Å². The molecule has 0 aromatic heterocycles. The Hall–Kier alpha value is -0.240. The molecule has 0 rings (SSSR count). The molecular formula is C7H14ClNO. The van der Waals surface area contributed by atoms with E-state index in [9.17, 15) is 4.79 Å². The van der Waals surface area contributed by atoms with E-state index in [0.29, 0.717) is 13.0 Å². The van der Waals surface area contributed by atoms with Gasteiger partial charge in [-0.1, -0.05) is 6.92 Å². The van der Waals surface area contributed by atoms with Crippen LogP contribution in [0.5, 0.6) is 0 Å². The zero-order valence-electron chi connectivity index (χ0n) is 6.48. The molecule has 1 N–H and O–H groups in total. The van der Waals surface area contributed by atoms with E-state index >= 15 is 0 Å². The fourth-order valence-electron chi connectivity index (χ4n) is 0.570. The van der Waals surface area contributed by atoms with Gasteiger partial charge in [-0.25, -0.2) is 0 Å². The molecular weight excluding hydrogens is 150 g/mol. The molecule has 0 aromatic carbocycles. The van der Waals surface area contributed by atoms with E-state index in [4.69, 9.17) is 11.6 Å². The van der Waals surface area contributed by atoms with Crippen molar-refractivity contribution in [3.63, 3.8) is 0 Å². The first-order chi connectivity index (χ1) is 4.66. The molecule has 0 aliphatic heterocycles. The SMILES string of the molecule is CCCC(=O)NCC(C)Cl. The zero-order chi connectivity index (χ0) is 7.98. The van der Waals surface area contributed by atoms with Gasteiger partial charge in [0.05, 0.1) is 0 Å². The van der Waals surface area contributed by atoms with Crippen LogP contribution in [0.15, 0.2) is 0 Å². The molecule has 0 aliphatic rings. The molecule has 1 atom stereocenters. The summed E-state index contributed by atoms with van der Waals surface area (Å²) >= 11 is 5.61. The predicted octanol–water partition coefficient (Wildman–Crippen LogP) is 1.53. The van der Waals surface area contributed by atoms with Crippen LogP contribution in [0.25, 0.3) is 0 Å². The first kappa shape index (κ1) is 9.76. The van der Waals surface area contributed by atoms with Crippen molar-refractivity contribution in [1.82, 2.24) is 5.32 Å². The summed E-state index contributed by atoms with van der Waals surface area (Å²) in [5.74, 6) is 0.0926. The van der Waals surface area contributed by atoms with E-state index in [2.05, 4.69) is 5.32 Å². The number of carbonyl (C=O) groups excluding carboxylic acids is 1. The highest BCUT2D eigenvalue weighted by Gasteiger charge is 1.99. The molecule has 0 fully saturated rings. The lowest BCUT2D eigenvalue weighted by atomic mass is 10.3. The van der Waals surface area contributed by atoms with Crippen molar-refractivity contribution < 1.29 is 4.79 Å². The quantitative estimate of drug-likeness (QED) is 0.626. The molecule has 0 radical (unpaired) electrons. The molecule has 0 aromatic rings. The number of carbonyl (C=O) groups is 1. The monoisotopic (exact) mass is 163 g/mol. The van der Waals surface area contributed by atoms with Gasteiger partial charge in [0, 0.05) is 18.3 Å². The van der Waals surface area contributed by atoms with Gasteiger partial charge in [-0.15, -0.1) is 11.6 Å². The minimum absolute atomic E-state index is 0.0285. The maximum Gasteiger partial charge on any atom is 0.220 e. The summed E-state index contributed by atoms with van der Waals surface area (Å²) in [5, 5.41) is 2.74. The Morgan fingerprint density at radius 2 is 2.30 bits per heavy atom. The third-order valence-corrected chi connectivity index (χ3v) is 1.21. The van der Waals surface area contributed by atoms with Crippen LogP contribution >= 0.6 is 11.6 Å². The van der Waals surface area contributed by atoms with Crippen LogP contribution in [0.4, 0.5) is 0 Å². The number of halogens is 1. The Bertz CT molecular complexity index is 104. The molecule has 0 heterocycles. The van der Waals surface area contributed by atoms with Crippen LogP contribution in [0.3, 0.4) is 0 Å². The van der Waals surface area contributed by atoms with Crippen molar-refractivity contribution in [1.29, 1.82) is 0 Å².